The summed E-state index contributed by atoms with van der Waals surface area (Å²) in [6.07, 6.45) is 7.67. The van der Waals surface area contributed by atoms with Crippen LogP contribution in [0.3, 0.4) is 0 Å². The molecule has 2 heterocycles. The van der Waals surface area contributed by atoms with Gasteiger partial charge >= 0.3 is 0 Å². The second-order valence-electron chi connectivity index (χ2n) is 6.23. The highest BCUT2D eigenvalue weighted by Crippen LogP contribution is 2.20. The van der Waals surface area contributed by atoms with E-state index in [0.717, 1.165) is 43.0 Å². The number of aryl methyl sites for hydroxylation is 1. The number of rotatable bonds is 4. The van der Waals surface area contributed by atoms with Crippen molar-refractivity contribution >= 4 is 35.2 Å². The molecule has 3 rings (SSSR count). The molecule has 0 spiro atoms. The molecule has 0 saturated carbocycles. The van der Waals surface area contributed by atoms with Crippen LogP contribution in [0.25, 0.3) is 6.08 Å². The van der Waals surface area contributed by atoms with Crippen molar-refractivity contribution in [1.29, 1.82) is 0 Å². The molecule has 7 heteroatoms. The van der Waals surface area contributed by atoms with Crippen LogP contribution in [0.1, 0.15) is 36.5 Å². The van der Waals surface area contributed by atoms with Crippen LogP contribution in [0, 0.1) is 0 Å². The van der Waals surface area contributed by atoms with Crippen LogP contribution in [0.5, 0.6) is 0 Å². The Labute approximate surface area is 157 Å². The summed E-state index contributed by atoms with van der Waals surface area (Å²) in [7, 11) is 1.76. The Hall–Kier alpha value is -1.85. The van der Waals surface area contributed by atoms with Gasteiger partial charge in [0.15, 0.2) is 5.82 Å². The molecule has 0 fully saturated rings. The first kappa shape index (κ1) is 18.0. The molecular weight excluding hydrogens is 359 g/mol. The van der Waals surface area contributed by atoms with Crippen LogP contribution in [-0.4, -0.2) is 32.6 Å². The number of hydrogen-bond donors (Lipinski definition) is 0. The quantitative estimate of drug-likeness (QED) is 0.755. The van der Waals surface area contributed by atoms with Crippen molar-refractivity contribution in [2.24, 2.45) is 0 Å². The fourth-order valence-electron chi connectivity index (χ4n) is 2.92. The summed E-state index contributed by atoms with van der Waals surface area (Å²) in [6, 6.07) is 5.18. The van der Waals surface area contributed by atoms with E-state index in [2.05, 4.69) is 14.8 Å². The molecule has 0 atom stereocenters. The first-order valence-electron chi connectivity index (χ1n) is 8.33. The third-order valence-electron chi connectivity index (χ3n) is 4.24. The molecule has 1 aliphatic heterocycles. The Bertz CT molecular complexity index is 780. The number of benzene rings is 1. The summed E-state index contributed by atoms with van der Waals surface area (Å²) in [6.45, 7) is 1.36. The topological polar surface area (TPSA) is 51.0 Å². The largest absolute Gasteiger partial charge is 0.335 e. The monoisotopic (exact) mass is 378 g/mol. The van der Waals surface area contributed by atoms with Crippen molar-refractivity contribution < 1.29 is 4.79 Å². The van der Waals surface area contributed by atoms with Crippen molar-refractivity contribution in [3.63, 3.8) is 0 Å². The summed E-state index contributed by atoms with van der Waals surface area (Å²) in [5.74, 6) is 1.76. The first-order valence-corrected chi connectivity index (χ1v) is 9.09. The smallest absolute Gasteiger partial charge is 0.246 e. The Morgan fingerprint density at radius 1 is 1.20 bits per heavy atom. The van der Waals surface area contributed by atoms with Gasteiger partial charge in [0.2, 0.25) is 5.91 Å². The molecule has 0 unspecified atom stereocenters. The minimum Gasteiger partial charge on any atom is -0.335 e. The zero-order valence-electron chi connectivity index (χ0n) is 14.1. The van der Waals surface area contributed by atoms with E-state index in [9.17, 15) is 4.79 Å². The molecular formula is C18H20Cl2N4O. The fraction of sp³-hybridized carbons (Fsp3) is 0.389. The van der Waals surface area contributed by atoms with E-state index in [1.54, 1.807) is 36.2 Å². The van der Waals surface area contributed by atoms with Crippen LogP contribution in [0.2, 0.25) is 10.0 Å². The SMILES string of the molecule is CN(Cc1nnc2n1CCCCC2)C(=O)C=Cc1cc(Cl)cc(Cl)c1. The number of fused-ring (bicyclic) bond motifs is 1. The van der Waals surface area contributed by atoms with Gasteiger partial charge in [-0.2, -0.15) is 0 Å². The van der Waals surface area contributed by atoms with Gasteiger partial charge in [0, 0.05) is 36.1 Å². The molecule has 1 aromatic heterocycles. The lowest BCUT2D eigenvalue weighted by molar-refractivity contribution is -0.125. The van der Waals surface area contributed by atoms with Gasteiger partial charge in [-0.25, -0.2) is 0 Å². The number of hydrogen-bond acceptors (Lipinski definition) is 3. The van der Waals surface area contributed by atoms with E-state index in [-0.39, 0.29) is 5.91 Å². The van der Waals surface area contributed by atoms with Crippen molar-refractivity contribution in [2.45, 2.75) is 38.8 Å². The highest BCUT2D eigenvalue weighted by molar-refractivity contribution is 6.34. The Balaban J connectivity index is 1.67. The van der Waals surface area contributed by atoms with Crippen LogP contribution >= 0.6 is 23.2 Å². The molecule has 0 radical (unpaired) electrons. The van der Waals surface area contributed by atoms with Crippen molar-refractivity contribution in [1.82, 2.24) is 19.7 Å². The molecule has 1 aliphatic rings. The van der Waals surface area contributed by atoms with E-state index in [4.69, 9.17) is 23.2 Å². The number of halogens is 2. The molecule has 5 nitrogen and oxygen atoms in total. The maximum absolute atomic E-state index is 12.4. The van der Waals surface area contributed by atoms with E-state index >= 15 is 0 Å². The molecule has 0 N–H and O–H groups in total. The van der Waals surface area contributed by atoms with Crippen LogP contribution in [0.4, 0.5) is 0 Å². The first-order chi connectivity index (χ1) is 12.0. The van der Waals surface area contributed by atoms with E-state index < -0.39 is 0 Å². The lowest BCUT2D eigenvalue weighted by atomic mass is 10.2. The number of nitrogens with zero attached hydrogens (tertiary/aromatic N) is 4. The minimum absolute atomic E-state index is 0.109. The zero-order valence-corrected chi connectivity index (χ0v) is 15.6. The van der Waals surface area contributed by atoms with Gasteiger partial charge in [0.1, 0.15) is 5.82 Å². The van der Waals surface area contributed by atoms with Gasteiger partial charge in [-0.1, -0.05) is 29.6 Å². The Morgan fingerprint density at radius 3 is 2.72 bits per heavy atom. The number of amides is 1. The number of likely N-dealkylation sites (N-methyl/N-ethyl adjacent to an activating group) is 1. The number of carbonyl (C=O) groups excluding carboxylic acids is 1. The van der Waals surface area contributed by atoms with Gasteiger partial charge < -0.3 is 9.47 Å². The molecule has 132 valence electrons. The van der Waals surface area contributed by atoms with Crippen molar-refractivity contribution in [3.05, 3.63) is 51.5 Å². The molecule has 0 saturated heterocycles. The van der Waals surface area contributed by atoms with Gasteiger partial charge in [-0.3, -0.25) is 4.79 Å². The van der Waals surface area contributed by atoms with Gasteiger partial charge in [-0.05, 0) is 42.7 Å². The van der Waals surface area contributed by atoms with Crippen LogP contribution in [-0.2, 0) is 24.3 Å². The number of aromatic nitrogens is 3. The third kappa shape index (κ3) is 4.61. The lowest BCUT2D eigenvalue weighted by Crippen LogP contribution is -2.26. The van der Waals surface area contributed by atoms with Crippen LogP contribution in [0.15, 0.2) is 24.3 Å². The van der Waals surface area contributed by atoms with Gasteiger partial charge in [0.05, 0.1) is 6.54 Å². The van der Waals surface area contributed by atoms with E-state index in [1.165, 1.54) is 12.5 Å². The van der Waals surface area contributed by atoms with Gasteiger partial charge in [-0.15, -0.1) is 10.2 Å². The average Bonchev–Trinajstić information content (AvgIpc) is 2.79. The maximum atomic E-state index is 12.4. The summed E-state index contributed by atoms with van der Waals surface area (Å²) >= 11 is 11.9. The zero-order chi connectivity index (χ0) is 17.8. The molecule has 0 aliphatic carbocycles. The molecule has 25 heavy (non-hydrogen) atoms. The van der Waals surface area contributed by atoms with Crippen molar-refractivity contribution in [3.8, 4) is 0 Å². The van der Waals surface area contributed by atoms with Crippen molar-refractivity contribution in [2.75, 3.05) is 7.05 Å². The third-order valence-corrected chi connectivity index (χ3v) is 4.68. The predicted octanol–water partition coefficient (Wildman–Crippen LogP) is 3.98. The van der Waals surface area contributed by atoms with Crippen LogP contribution < -0.4 is 0 Å². The summed E-state index contributed by atoms with van der Waals surface area (Å²) in [5.41, 5.74) is 0.788. The second-order valence-corrected chi connectivity index (χ2v) is 7.10. The standard InChI is InChI=1S/C18H20Cl2N4O/c1-23(12-17-22-21-16-5-3-2-4-8-24(16)17)18(25)7-6-13-9-14(19)11-15(20)10-13/h6-7,9-11H,2-5,8,12H2,1H3. The summed E-state index contributed by atoms with van der Waals surface area (Å²) in [5, 5.41) is 9.61. The second kappa shape index (κ2) is 8.02. The molecule has 1 aromatic carbocycles. The Kier molecular flexibility index (Phi) is 5.76. The maximum Gasteiger partial charge on any atom is 0.246 e. The fourth-order valence-corrected chi connectivity index (χ4v) is 3.46. The number of carbonyl (C=O) groups is 1. The lowest BCUT2D eigenvalue weighted by Gasteiger charge is -2.15. The summed E-state index contributed by atoms with van der Waals surface area (Å²) in [4.78, 5) is 14.0. The van der Waals surface area contributed by atoms with E-state index in [0.29, 0.717) is 16.6 Å². The average molecular weight is 379 g/mol. The predicted molar refractivity (Wildman–Crippen MR) is 99.5 cm³/mol. The minimum atomic E-state index is -0.109. The Morgan fingerprint density at radius 2 is 1.96 bits per heavy atom. The van der Waals surface area contributed by atoms with Gasteiger partial charge in [0.25, 0.3) is 0 Å². The normalized spacial score (nSPS) is 14.4. The van der Waals surface area contributed by atoms with E-state index in [1.807, 2.05) is 0 Å². The molecule has 1 amide bonds. The molecule has 2 aromatic rings. The summed E-state index contributed by atoms with van der Waals surface area (Å²) < 4.78 is 2.15. The highest BCUT2D eigenvalue weighted by Gasteiger charge is 2.17. The molecule has 0 bridgehead atoms. The highest BCUT2D eigenvalue weighted by atomic mass is 35.5.